The number of carbonyl (C=O) groups is 2. The predicted octanol–water partition coefficient (Wildman–Crippen LogP) is 3.93. The van der Waals surface area contributed by atoms with Crippen LogP contribution in [-0.4, -0.2) is 28.4 Å². The molecule has 2 amide bonds. The molecule has 0 aliphatic carbocycles. The smallest absolute Gasteiger partial charge is 0.257 e. The number of phenolic OH excluding ortho intramolecular Hbond substituents is 1. The normalized spacial score (nSPS) is 10.8. The number of benzene rings is 3. The van der Waals surface area contributed by atoms with E-state index in [1.807, 2.05) is 0 Å². The summed E-state index contributed by atoms with van der Waals surface area (Å²) in [7, 11) is 0. The van der Waals surface area contributed by atoms with Gasteiger partial charge in [-0.05, 0) is 53.9 Å². The van der Waals surface area contributed by atoms with Crippen molar-refractivity contribution in [2.75, 3.05) is 6.54 Å². The van der Waals surface area contributed by atoms with Gasteiger partial charge in [0.2, 0.25) is 5.43 Å². The first-order valence-corrected chi connectivity index (χ1v) is 11.1. The number of rotatable bonds is 7. The Hall–Kier alpha value is -4.17. The number of aromatic hydroxyl groups is 1. The molecule has 1 heterocycles. The molecule has 0 saturated carbocycles. The second-order valence-corrected chi connectivity index (χ2v) is 8.33. The third-order valence-corrected chi connectivity index (χ3v) is 5.70. The minimum atomic E-state index is -0.781. The van der Waals surface area contributed by atoms with Crippen molar-refractivity contribution in [2.24, 2.45) is 0 Å². The monoisotopic (exact) mass is 493 g/mol. The Morgan fingerprint density at radius 3 is 2.34 bits per heavy atom. The lowest BCUT2D eigenvalue weighted by molar-refractivity contribution is 0.0944. The molecule has 0 radical (unpaired) electrons. The Morgan fingerprint density at radius 2 is 1.63 bits per heavy atom. The fraction of sp³-hybridized carbons (Fsp3) is 0.115. The summed E-state index contributed by atoms with van der Waals surface area (Å²) in [4.78, 5) is 40.8. The van der Waals surface area contributed by atoms with Crippen LogP contribution in [0.3, 0.4) is 0 Å². The van der Waals surface area contributed by atoms with Crippen LogP contribution in [0.15, 0.2) is 71.7 Å². The maximum absolute atomic E-state index is 14.7. The molecular weight excluding hydrogens is 473 g/mol. The van der Waals surface area contributed by atoms with Crippen LogP contribution < -0.4 is 16.1 Å². The number of carbonyl (C=O) groups excluding carboxylic acids is 2. The summed E-state index contributed by atoms with van der Waals surface area (Å²) in [5.41, 5.74) is 0.673. The Morgan fingerprint density at radius 1 is 0.943 bits per heavy atom. The van der Waals surface area contributed by atoms with Crippen LogP contribution in [-0.2, 0) is 13.0 Å². The SMILES string of the molecule is O=C(NCCc1ccc(O)cc1)c1cc(F)c2[nH]cc(C(=O)NCc3ccc(Cl)cc3)c(=O)c2c1. The first-order chi connectivity index (χ1) is 16.8. The van der Waals surface area contributed by atoms with Crippen LogP contribution in [0.25, 0.3) is 10.9 Å². The van der Waals surface area contributed by atoms with Gasteiger partial charge in [0.05, 0.1) is 10.9 Å². The third-order valence-electron chi connectivity index (χ3n) is 5.45. The topological polar surface area (TPSA) is 111 Å². The van der Waals surface area contributed by atoms with Gasteiger partial charge in [-0.15, -0.1) is 0 Å². The van der Waals surface area contributed by atoms with Crippen LogP contribution in [0, 0.1) is 5.82 Å². The molecule has 0 atom stereocenters. The fourth-order valence-corrected chi connectivity index (χ4v) is 3.68. The van der Waals surface area contributed by atoms with Crippen molar-refractivity contribution in [3.8, 4) is 5.75 Å². The van der Waals surface area contributed by atoms with E-state index < -0.39 is 23.1 Å². The van der Waals surface area contributed by atoms with Gasteiger partial charge in [-0.3, -0.25) is 14.4 Å². The average Bonchev–Trinajstić information content (AvgIpc) is 2.85. The van der Waals surface area contributed by atoms with Gasteiger partial charge in [-0.1, -0.05) is 35.9 Å². The molecule has 0 saturated heterocycles. The number of aromatic nitrogens is 1. The number of halogens is 2. The second-order valence-electron chi connectivity index (χ2n) is 7.89. The van der Waals surface area contributed by atoms with E-state index in [-0.39, 0.29) is 40.9 Å². The lowest BCUT2D eigenvalue weighted by Gasteiger charge is -2.09. The molecule has 4 aromatic rings. The van der Waals surface area contributed by atoms with Gasteiger partial charge in [0.25, 0.3) is 11.8 Å². The summed E-state index contributed by atoms with van der Waals surface area (Å²) < 4.78 is 14.7. The lowest BCUT2D eigenvalue weighted by atomic mass is 10.1. The van der Waals surface area contributed by atoms with Crippen LogP contribution in [0.1, 0.15) is 31.8 Å². The fourth-order valence-electron chi connectivity index (χ4n) is 3.55. The van der Waals surface area contributed by atoms with Crippen molar-refractivity contribution in [3.05, 3.63) is 110 Å². The molecule has 0 bridgehead atoms. The van der Waals surface area contributed by atoms with Gasteiger partial charge in [-0.25, -0.2) is 4.39 Å². The molecular formula is C26H21ClFN3O4. The Labute approximate surface area is 204 Å². The highest BCUT2D eigenvalue weighted by atomic mass is 35.5. The molecule has 0 aliphatic rings. The summed E-state index contributed by atoms with van der Waals surface area (Å²) in [5.74, 6) is -1.82. The third kappa shape index (κ3) is 5.67. The van der Waals surface area contributed by atoms with E-state index in [4.69, 9.17) is 11.6 Å². The highest BCUT2D eigenvalue weighted by Gasteiger charge is 2.17. The van der Waals surface area contributed by atoms with Gasteiger partial charge in [-0.2, -0.15) is 0 Å². The maximum Gasteiger partial charge on any atom is 0.257 e. The number of phenols is 1. The molecule has 4 rings (SSSR count). The number of aromatic amines is 1. The van der Waals surface area contributed by atoms with E-state index in [9.17, 15) is 23.9 Å². The molecule has 178 valence electrons. The van der Waals surface area contributed by atoms with Gasteiger partial charge >= 0.3 is 0 Å². The van der Waals surface area contributed by atoms with Crippen molar-refractivity contribution in [2.45, 2.75) is 13.0 Å². The van der Waals surface area contributed by atoms with Gasteiger partial charge in [0.1, 0.15) is 17.1 Å². The quantitative estimate of drug-likeness (QED) is 0.312. The highest BCUT2D eigenvalue weighted by Crippen LogP contribution is 2.17. The number of nitrogens with one attached hydrogen (secondary N) is 3. The first-order valence-electron chi connectivity index (χ1n) is 10.8. The second kappa shape index (κ2) is 10.4. The first kappa shape index (κ1) is 24.0. The van der Waals surface area contributed by atoms with E-state index in [0.29, 0.717) is 11.4 Å². The molecule has 0 spiro atoms. The zero-order chi connectivity index (χ0) is 24.9. The van der Waals surface area contributed by atoms with E-state index in [1.54, 1.807) is 48.5 Å². The molecule has 0 unspecified atom stereocenters. The molecule has 7 nitrogen and oxygen atoms in total. The average molecular weight is 494 g/mol. The van der Waals surface area contributed by atoms with Gasteiger partial charge < -0.3 is 20.7 Å². The largest absolute Gasteiger partial charge is 0.508 e. The van der Waals surface area contributed by atoms with Crippen molar-refractivity contribution in [1.29, 1.82) is 0 Å². The molecule has 1 aromatic heterocycles. The van der Waals surface area contributed by atoms with Crippen molar-refractivity contribution in [1.82, 2.24) is 15.6 Å². The number of H-pyrrole nitrogens is 1. The Bertz CT molecular complexity index is 1450. The van der Waals surface area contributed by atoms with Gasteiger partial charge in [0.15, 0.2) is 0 Å². The zero-order valence-electron chi connectivity index (χ0n) is 18.4. The standard InChI is InChI=1S/C26H21ClFN3O4/c27-18-5-1-16(2-6-18)13-31-26(35)21-14-30-23-20(24(21)33)11-17(12-22(23)28)25(34)29-10-9-15-3-7-19(32)8-4-15/h1-8,11-12,14,32H,9-10,13H2,(H,29,34)(H,30,33)(H,31,35). The minimum absolute atomic E-state index is 0.0371. The van der Waals surface area contributed by atoms with Gasteiger partial charge in [0, 0.05) is 29.9 Å². The molecule has 0 fully saturated rings. The van der Waals surface area contributed by atoms with Crippen molar-refractivity contribution in [3.63, 3.8) is 0 Å². The van der Waals surface area contributed by atoms with Crippen LogP contribution >= 0.6 is 11.6 Å². The summed E-state index contributed by atoms with van der Waals surface area (Å²) in [6, 6.07) is 15.7. The molecule has 9 heteroatoms. The summed E-state index contributed by atoms with van der Waals surface area (Å²) in [6.45, 7) is 0.443. The Balaban J connectivity index is 1.50. The summed E-state index contributed by atoms with van der Waals surface area (Å²) in [5, 5.41) is 15.1. The van der Waals surface area contributed by atoms with Crippen LogP contribution in [0.2, 0.25) is 5.02 Å². The number of hydrogen-bond donors (Lipinski definition) is 4. The number of fused-ring (bicyclic) bond motifs is 1. The van der Waals surface area contributed by atoms with Crippen LogP contribution in [0.4, 0.5) is 4.39 Å². The van der Waals surface area contributed by atoms with E-state index in [1.165, 1.54) is 6.07 Å². The lowest BCUT2D eigenvalue weighted by Crippen LogP contribution is -2.29. The van der Waals surface area contributed by atoms with E-state index >= 15 is 0 Å². The number of pyridine rings is 1. The Kier molecular flexibility index (Phi) is 7.12. The van der Waals surface area contributed by atoms with Crippen LogP contribution in [0.5, 0.6) is 5.75 Å². The predicted molar refractivity (Wildman–Crippen MR) is 131 cm³/mol. The van der Waals surface area contributed by atoms with E-state index in [2.05, 4.69) is 15.6 Å². The van der Waals surface area contributed by atoms with Crippen molar-refractivity contribution >= 4 is 34.3 Å². The maximum atomic E-state index is 14.7. The highest BCUT2D eigenvalue weighted by molar-refractivity contribution is 6.30. The molecule has 0 aliphatic heterocycles. The van der Waals surface area contributed by atoms with E-state index in [0.717, 1.165) is 23.4 Å². The number of hydrogen-bond acceptors (Lipinski definition) is 4. The molecule has 4 N–H and O–H groups in total. The molecule has 3 aromatic carbocycles. The van der Waals surface area contributed by atoms with Crippen molar-refractivity contribution < 1.29 is 19.1 Å². The minimum Gasteiger partial charge on any atom is -0.508 e. The number of amides is 2. The summed E-state index contributed by atoms with van der Waals surface area (Å²) in [6.07, 6.45) is 1.66. The zero-order valence-corrected chi connectivity index (χ0v) is 19.2. The summed E-state index contributed by atoms with van der Waals surface area (Å²) >= 11 is 5.86. The molecule has 35 heavy (non-hydrogen) atoms.